The van der Waals surface area contributed by atoms with Crippen LogP contribution in [0.1, 0.15) is 17.3 Å². The van der Waals surface area contributed by atoms with E-state index in [1.807, 2.05) is 24.3 Å². The summed E-state index contributed by atoms with van der Waals surface area (Å²) in [6, 6.07) is 14.6. The first-order valence-corrected chi connectivity index (χ1v) is 10.2. The molecule has 0 saturated heterocycles. The summed E-state index contributed by atoms with van der Waals surface area (Å²) in [7, 11) is -2.18. The van der Waals surface area contributed by atoms with Crippen LogP contribution in [0.15, 0.2) is 65.7 Å². The molecule has 1 aromatic heterocycles. The minimum absolute atomic E-state index is 0.0823. The molecule has 28 heavy (non-hydrogen) atoms. The van der Waals surface area contributed by atoms with Crippen LogP contribution in [0.25, 0.3) is 10.9 Å². The molecule has 0 bridgehead atoms. The Bertz CT molecular complexity index is 1080. The van der Waals surface area contributed by atoms with Gasteiger partial charge in [-0.1, -0.05) is 18.2 Å². The molecule has 0 radical (unpaired) electrons. The van der Waals surface area contributed by atoms with E-state index in [1.165, 1.54) is 31.4 Å². The first-order chi connectivity index (χ1) is 13.4. The molecule has 0 aliphatic carbocycles. The molecule has 2 N–H and O–H groups in total. The number of methoxy groups -OCH3 is 1. The van der Waals surface area contributed by atoms with Crippen molar-refractivity contribution in [2.75, 3.05) is 19.0 Å². The fourth-order valence-electron chi connectivity index (χ4n) is 2.80. The number of ether oxygens (including phenoxy) is 1. The topological polar surface area (TPSA) is 97.4 Å². The SMILES string of the molecule is COC[C@@H](C)NS(=O)(=O)c1ccc(C(=O)Nc2cccc3cccnc23)cc1. The molecular weight excluding hydrogens is 378 g/mol. The third-order valence-electron chi connectivity index (χ3n) is 4.08. The molecule has 8 heteroatoms. The van der Waals surface area contributed by atoms with Crippen LogP contribution in [0.3, 0.4) is 0 Å². The lowest BCUT2D eigenvalue weighted by Crippen LogP contribution is -2.35. The molecule has 0 fully saturated rings. The maximum atomic E-state index is 12.6. The highest BCUT2D eigenvalue weighted by atomic mass is 32.2. The number of aromatic nitrogens is 1. The van der Waals surface area contributed by atoms with E-state index < -0.39 is 10.0 Å². The number of fused-ring (bicyclic) bond motifs is 1. The Morgan fingerprint density at radius 2 is 1.82 bits per heavy atom. The van der Waals surface area contributed by atoms with Gasteiger partial charge in [0.1, 0.15) is 0 Å². The maximum absolute atomic E-state index is 12.6. The van der Waals surface area contributed by atoms with Crippen molar-refractivity contribution in [1.82, 2.24) is 9.71 Å². The van der Waals surface area contributed by atoms with E-state index in [2.05, 4.69) is 15.0 Å². The van der Waals surface area contributed by atoms with Crippen LogP contribution < -0.4 is 10.0 Å². The van der Waals surface area contributed by atoms with Crippen molar-refractivity contribution in [3.63, 3.8) is 0 Å². The number of nitrogens with one attached hydrogen (secondary N) is 2. The first kappa shape index (κ1) is 19.9. The van der Waals surface area contributed by atoms with Gasteiger partial charge in [0.05, 0.1) is 22.7 Å². The lowest BCUT2D eigenvalue weighted by molar-refractivity contribution is 0.102. The van der Waals surface area contributed by atoms with E-state index in [9.17, 15) is 13.2 Å². The number of hydrogen-bond acceptors (Lipinski definition) is 5. The van der Waals surface area contributed by atoms with Crippen LogP contribution in [0.5, 0.6) is 0 Å². The number of para-hydroxylation sites is 1. The summed E-state index contributed by atoms with van der Waals surface area (Å²) in [5.74, 6) is -0.345. The second kappa shape index (κ2) is 8.47. The van der Waals surface area contributed by atoms with Crippen LogP contribution in [0.4, 0.5) is 5.69 Å². The van der Waals surface area contributed by atoms with Gasteiger partial charge in [0.2, 0.25) is 10.0 Å². The zero-order valence-electron chi connectivity index (χ0n) is 15.5. The fraction of sp³-hybridized carbons (Fsp3) is 0.200. The van der Waals surface area contributed by atoms with Crippen molar-refractivity contribution < 1.29 is 17.9 Å². The molecule has 0 saturated carbocycles. The molecule has 0 spiro atoms. The van der Waals surface area contributed by atoms with Crippen LogP contribution in [-0.2, 0) is 14.8 Å². The molecule has 1 heterocycles. The van der Waals surface area contributed by atoms with Gasteiger partial charge >= 0.3 is 0 Å². The van der Waals surface area contributed by atoms with Gasteiger partial charge in [-0.3, -0.25) is 9.78 Å². The summed E-state index contributed by atoms with van der Waals surface area (Å²) in [6.07, 6.45) is 1.66. The molecule has 0 aliphatic rings. The standard InChI is InChI=1S/C20H21N3O4S/c1-14(13-27-2)23-28(25,26)17-10-8-16(9-11-17)20(24)22-18-7-3-5-15-6-4-12-21-19(15)18/h3-12,14,23H,13H2,1-2H3,(H,22,24)/t14-/m1/s1. The van der Waals surface area contributed by atoms with E-state index in [1.54, 1.807) is 19.2 Å². The molecule has 1 atom stereocenters. The van der Waals surface area contributed by atoms with E-state index in [0.717, 1.165) is 5.39 Å². The van der Waals surface area contributed by atoms with E-state index in [-0.39, 0.29) is 23.5 Å². The molecule has 1 amide bonds. The molecule has 7 nitrogen and oxygen atoms in total. The Balaban J connectivity index is 1.77. The van der Waals surface area contributed by atoms with Crippen LogP contribution >= 0.6 is 0 Å². The number of carbonyl (C=O) groups excluding carboxylic acids is 1. The van der Waals surface area contributed by atoms with Gasteiger partial charge in [-0.05, 0) is 43.3 Å². The van der Waals surface area contributed by atoms with Gasteiger partial charge in [-0.25, -0.2) is 13.1 Å². The average Bonchev–Trinajstić information content (AvgIpc) is 2.68. The van der Waals surface area contributed by atoms with Gasteiger partial charge in [0, 0.05) is 30.3 Å². The Hall–Kier alpha value is -2.81. The number of benzene rings is 2. The van der Waals surface area contributed by atoms with Gasteiger partial charge in [-0.15, -0.1) is 0 Å². The predicted octanol–water partition coefficient (Wildman–Crippen LogP) is 2.80. The lowest BCUT2D eigenvalue weighted by Gasteiger charge is -2.13. The minimum atomic E-state index is -3.68. The summed E-state index contributed by atoms with van der Waals surface area (Å²) in [5.41, 5.74) is 1.63. The summed E-state index contributed by atoms with van der Waals surface area (Å²) in [6.45, 7) is 1.97. The number of rotatable bonds is 7. The highest BCUT2D eigenvalue weighted by Crippen LogP contribution is 2.21. The molecule has 0 unspecified atom stereocenters. The second-order valence-electron chi connectivity index (χ2n) is 6.34. The van der Waals surface area contributed by atoms with Crippen molar-refractivity contribution >= 4 is 32.5 Å². The van der Waals surface area contributed by atoms with Crippen molar-refractivity contribution in [2.45, 2.75) is 17.9 Å². The molecule has 0 aliphatic heterocycles. The molecule has 2 aromatic carbocycles. The fourth-order valence-corrected chi connectivity index (χ4v) is 4.03. The summed E-state index contributed by atoms with van der Waals surface area (Å²) in [4.78, 5) is 16.9. The van der Waals surface area contributed by atoms with E-state index in [4.69, 9.17) is 4.74 Å². The minimum Gasteiger partial charge on any atom is -0.383 e. The van der Waals surface area contributed by atoms with Crippen LogP contribution in [-0.4, -0.2) is 39.1 Å². The molecular formula is C20H21N3O4S. The number of nitrogens with zero attached hydrogens (tertiary/aromatic N) is 1. The molecule has 3 rings (SSSR count). The quantitative estimate of drug-likeness (QED) is 0.637. The number of pyridine rings is 1. The summed E-state index contributed by atoms with van der Waals surface area (Å²) >= 11 is 0. The highest BCUT2D eigenvalue weighted by molar-refractivity contribution is 7.89. The zero-order valence-corrected chi connectivity index (χ0v) is 16.4. The van der Waals surface area contributed by atoms with Gasteiger partial charge in [0.25, 0.3) is 5.91 Å². The maximum Gasteiger partial charge on any atom is 0.255 e. The van der Waals surface area contributed by atoms with Crippen LogP contribution in [0.2, 0.25) is 0 Å². The van der Waals surface area contributed by atoms with Gasteiger partial charge < -0.3 is 10.1 Å². The summed E-state index contributed by atoms with van der Waals surface area (Å²) in [5, 5.41) is 3.74. The van der Waals surface area contributed by atoms with Crippen molar-refractivity contribution in [3.8, 4) is 0 Å². The lowest BCUT2D eigenvalue weighted by atomic mass is 10.1. The number of carbonyl (C=O) groups is 1. The van der Waals surface area contributed by atoms with Crippen LogP contribution in [0, 0.1) is 0 Å². The Morgan fingerprint density at radius 3 is 2.54 bits per heavy atom. The number of amides is 1. The third kappa shape index (κ3) is 4.53. The normalized spacial score (nSPS) is 12.6. The van der Waals surface area contributed by atoms with Crippen molar-refractivity contribution in [1.29, 1.82) is 0 Å². The predicted molar refractivity (Wildman–Crippen MR) is 108 cm³/mol. The van der Waals surface area contributed by atoms with Crippen molar-refractivity contribution in [2.24, 2.45) is 0 Å². The number of hydrogen-bond donors (Lipinski definition) is 2. The van der Waals surface area contributed by atoms with Gasteiger partial charge in [0.15, 0.2) is 0 Å². The smallest absolute Gasteiger partial charge is 0.255 e. The second-order valence-corrected chi connectivity index (χ2v) is 8.05. The van der Waals surface area contributed by atoms with E-state index in [0.29, 0.717) is 16.8 Å². The number of anilines is 1. The Kier molecular flexibility index (Phi) is 6.03. The Morgan fingerprint density at radius 1 is 1.11 bits per heavy atom. The first-order valence-electron chi connectivity index (χ1n) is 8.67. The van der Waals surface area contributed by atoms with Crippen molar-refractivity contribution in [3.05, 3.63) is 66.4 Å². The van der Waals surface area contributed by atoms with E-state index >= 15 is 0 Å². The monoisotopic (exact) mass is 399 g/mol. The molecule has 146 valence electrons. The largest absolute Gasteiger partial charge is 0.383 e. The average molecular weight is 399 g/mol. The molecule has 3 aromatic rings. The third-order valence-corrected chi connectivity index (χ3v) is 5.69. The zero-order chi connectivity index (χ0) is 20.1. The summed E-state index contributed by atoms with van der Waals surface area (Å²) < 4.78 is 32.2. The highest BCUT2D eigenvalue weighted by Gasteiger charge is 2.18. The number of sulfonamides is 1. The Labute approximate surface area is 163 Å². The van der Waals surface area contributed by atoms with Gasteiger partial charge in [-0.2, -0.15) is 0 Å².